The minimum atomic E-state index is -0.487. The quantitative estimate of drug-likeness (QED) is 0.187. The highest BCUT2D eigenvalue weighted by atomic mass is 35.5. The zero-order chi connectivity index (χ0) is 26.5. The number of ketones is 1. The van der Waals surface area contributed by atoms with Crippen LogP contribution in [0.4, 0.5) is 4.39 Å². The zero-order valence-corrected chi connectivity index (χ0v) is 22.3. The first kappa shape index (κ1) is 26.8. The summed E-state index contributed by atoms with van der Waals surface area (Å²) in [5, 5.41) is 1.53. The van der Waals surface area contributed by atoms with E-state index in [4.69, 9.17) is 49.6 Å². The number of halogens is 3. The van der Waals surface area contributed by atoms with Gasteiger partial charge in [-0.2, -0.15) is 0 Å². The smallest absolute Gasteiger partial charge is 0.162 e. The molecular weight excluding hydrogens is 536 g/mol. The molecule has 0 amide bonds. The number of aromatic nitrogens is 1. The van der Waals surface area contributed by atoms with Gasteiger partial charge in [0, 0.05) is 57.9 Å². The maximum absolute atomic E-state index is 14.9. The third-order valence-electron chi connectivity index (χ3n) is 5.68. The molecular formula is C28H22Cl2FNO4S. The first-order valence-electron chi connectivity index (χ1n) is 11.2. The fraction of sp³-hybridized carbons (Fsp3) is 0.179. The highest BCUT2D eigenvalue weighted by molar-refractivity contribution is 7.80. The van der Waals surface area contributed by atoms with Crippen molar-refractivity contribution >= 4 is 57.0 Å². The Hall–Kier alpha value is -3.26. The number of Topliss-reactive ketones (excluding diaryl/α,β-unsaturated/α-hetero) is 1. The molecule has 1 aromatic heterocycles. The van der Waals surface area contributed by atoms with Crippen molar-refractivity contribution in [3.63, 3.8) is 0 Å². The molecule has 1 heterocycles. The molecule has 4 rings (SSSR count). The van der Waals surface area contributed by atoms with E-state index in [0.717, 1.165) is 0 Å². The van der Waals surface area contributed by atoms with Crippen LogP contribution in [0.5, 0.6) is 23.0 Å². The van der Waals surface area contributed by atoms with Crippen LogP contribution < -0.4 is 14.2 Å². The Labute approximate surface area is 229 Å². The van der Waals surface area contributed by atoms with Gasteiger partial charge in [-0.25, -0.2) is 4.39 Å². The highest BCUT2D eigenvalue weighted by Crippen LogP contribution is 2.37. The van der Waals surface area contributed by atoms with E-state index in [9.17, 15) is 9.18 Å². The molecule has 0 radical (unpaired) electrons. The lowest BCUT2D eigenvalue weighted by Gasteiger charge is -2.13. The number of ether oxygens (including phenoxy) is 3. The number of nitrogens with zero attached hydrogens (tertiary/aromatic N) is 1. The lowest BCUT2D eigenvalue weighted by atomic mass is 10.0. The normalized spacial score (nSPS) is 10.8. The maximum Gasteiger partial charge on any atom is 0.162 e. The van der Waals surface area contributed by atoms with Crippen LogP contribution in [0.3, 0.4) is 0 Å². The van der Waals surface area contributed by atoms with Crippen molar-refractivity contribution in [1.82, 2.24) is 4.98 Å². The minimum absolute atomic E-state index is 0.0167. The fourth-order valence-electron chi connectivity index (χ4n) is 3.85. The number of rotatable bonds is 10. The van der Waals surface area contributed by atoms with Crippen molar-refractivity contribution in [3.05, 3.63) is 87.8 Å². The molecule has 190 valence electrons. The molecule has 0 saturated heterocycles. The molecule has 0 fully saturated rings. The van der Waals surface area contributed by atoms with Crippen LogP contribution in [0.15, 0.2) is 60.8 Å². The fourth-order valence-corrected chi connectivity index (χ4v) is 4.70. The van der Waals surface area contributed by atoms with E-state index in [1.807, 2.05) is 0 Å². The second-order valence-corrected chi connectivity index (χ2v) is 9.59. The molecule has 3 aromatic carbocycles. The molecule has 0 bridgehead atoms. The lowest BCUT2D eigenvalue weighted by Crippen LogP contribution is -2.12. The third kappa shape index (κ3) is 6.36. The molecule has 9 heteroatoms. The zero-order valence-electron chi connectivity index (χ0n) is 20.0. The topological polar surface area (TPSA) is 57.7 Å². The SMILES string of the molecule is COc1cc2nccc(Oc3ccc(CC(=S)CC(=O)Cc4c(Cl)cccc4Cl)c(F)c3)c2cc1OC. The van der Waals surface area contributed by atoms with Crippen LogP contribution in [-0.4, -0.2) is 29.9 Å². The summed E-state index contributed by atoms with van der Waals surface area (Å²) in [5.41, 5.74) is 1.57. The van der Waals surface area contributed by atoms with Gasteiger partial charge in [0.1, 0.15) is 23.1 Å². The average Bonchev–Trinajstić information content (AvgIpc) is 2.87. The summed E-state index contributed by atoms with van der Waals surface area (Å²) in [5.74, 6) is 1.22. The number of carbonyl (C=O) groups is 1. The van der Waals surface area contributed by atoms with E-state index >= 15 is 0 Å². The Kier molecular flexibility index (Phi) is 8.59. The van der Waals surface area contributed by atoms with Gasteiger partial charge in [0.25, 0.3) is 0 Å². The Morgan fingerprint density at radius 2 is 1.65 bits per heavy atom. The van der Waals surface area contributed by atoms with Crippen molar-refractivity contribution in [2.45, 2.75) is 19.3 Å². The molecule has 0 atom stereocenters. The van der Waals surface area contributed by atoms with Gasteiger partial charge in [0.15, 0.2) is 11.5 Å². The van der Waals surface area contributed by atoms with Crippen LogP contribution in [0.1, 0.15) is 17.5 Å². The summed E-state index contributed by atoms with van der Waals surface area (Å²) in [7, 11) is 3.09. The average molecular weight is 558 g/mol. The third-order valence-corrected chi connectivity index (χ3v) is 6.67. The number of fused-ring (bicyclic) bond motifs is 1. The van der Waals surface area contributed by atoms with Crippen LogP contribution in [0.2, 0.25) is 10.0 Å². The summed E-state index contributed by atoms with van der Waals surface area (Å²) < 4.78 is 31.6. The van der Waals surface area contributed by atoms with Crippen LogP contribution >= 0.6 is 35.4 Å². The molecule has 0 aliphatic carbocycles. The lowest BCUT2D eigenvalue weighted by molar-refractivity contribution is -0.117. The number of hydrogen-bond donors (Lipinski definition) is 0. The highest BCUT2D eigenvalue weighted by Gasteiger charge is 2.16. The second-order valence-electron chi connectivity index (χ2n) is 8.20. The first-order chi connectivity index (χ1) is 17.8. The van der Waals surface area contributed by atoms with E-state index in [2.05, 4.69) is 4.98 Å². The van der Waals surface area contributed by atoms with Gasteiger partial charge in [0.05, 0.1) is 19.7 Å². The van der Waals surface area contributed by atoms with Gasteiger partial charge >= 0.3 is 0 Å². The monoisotopic (exact) mass is 557 g/mol. The van der Waals surface area contributed by atoms with Gasteiger partial charge < -0.3 is 14.2 Å². The van der Waals surface area contributed by atoms with E-state index in [1.54, 1.807) is 68.9 Å². The molecule has 0 saturated carbocycles. The van der Waals surface area contributed by atoms with Crippen molar-refractivity contribution < 1.29 is 23.4 Å². The molecule has 0 aliphatic heterocycles. The van der Waals surface area contributed by atoms with Gasteiger partial charge in [-0.3, -0.25) is 9.78 Å². The van der Waals surface area contributed by atoms with E-state index in [1.165, 1.54) is 6.07 Å². The van der Waals surface area contributed by atoms with Crippen molar-refractivity contribution in [3.8, 4) is 23.0 Å². The van der Waals surface area contributed by atoms with Crippen molar-refractivity contribution in [2.24, 2.45) is 0 Å². The number of thiocarbonyl (C=S) groups is 1. The van der Waals surface area contributed by atoms with Gasteiger partial charge in [-0.15, -0.1) is 0 Å². The number of pyridine rings is 1. The number of carbonyl (C=O) groups excluding carboxylic acids is 1. The molecule has 0 spiro atoms. The van der Waals surface area contributed by atoms with Gasteiger partial charge in [0.2, 0.25) is 0 Å². The largest absolute Gasteiger partial charge is 0.493 e. The van der Waals surface area contributed by atoms with Gasteiger partial charge in [-0.05, 0) is 41.5 Å². The number of methoxy groups -OCH3 is 2. The standard InChI is InChI=1S/C28H22Cl2FNO4S/c1-34-27-14-21-25(15-28(27)35-2)32-9-8-26(21)36-18-7-6-16(24(31)13-18)10-19(37)11-17(33)12-20-22(29)4-3-5-23(20)30/h3-9,13-15H,10-12H2,1-2H3. The van der Waals surface area contributed by atoms with Crippen LogP contribution in [-0.2, 0) is 17.6 Å². The van der Waals surface area contributed by atoms with Crippen molar-refractivity contribution in [1.29, 1.82) is 0 Å². The summed E-state index contributed by atoms with van der Waals surface area (Å²) in [6, 6.07) is 14.8. The van der Waals surface area contributed by atoms with Crippen molar-refractivity contribution in [2.75, 3.05) is 14.2 Å². The Balaban J connectivity index is 1.45. The van der Waals surface area contributed by atoms with Crippen LogP contribution in [0.25, 0.3) is 10.9 Å². The molecule has 4 aromatic rings. The van der Waals surface area contributed by atoms with E-state index in [-0.39, 0.29) is 25.0 Å². The number of hydrogen-bond acceptors (Lipinski definition) is 6. The minimum Gasteiger partial charge on any atom is -0.493 e. The number of benzene rings is 3. The Morgan fingerprint density at radius 1 is 0.946 bits per heavy atom. The molecule has 0 unspecified atom stereocenters. The molecule has 0 N–H and O–H groups in total. The summed E-state index contributed by atoms with van der Waals surface area (Å²) >= 11 is 17.7. The maximum atomic E-state index is 14.9. The van der Waals surface area contributed by atoms with Gasteiger partial charge in [-0.1, -0.05) is 47.6 Å². The van der Waals surface area contributed by atoms with Crippen LogP contribution in [0, 0.1) is 5.82 Å². The predicted octanol–water partition coefficient (Wildman–Crippen LogP) is 7.60. The Bertz CT molecular complexity index is 1470. The summed E-state index contributed by atoms with van der Waals surface area (Å²) in [6.45, 7) is 0. The molecule has 37 heavy (non-hydrogen) atoms. The van der Waals surface area contributed by atoms with E-state index in [0.29, 0.717) is 59.9 Å². The molecule has 0 aliphatic rings. The predicted molar refractivity (Wildman–Crippen MR) is 147 cm³/mol. The summed E-state index contributed by atoms with van der Waals surface area (Å²) in [6.07, 6.45) is 1.81. The first-order valence-corrected chi connectivity index (χ1v) is 12.4. The Morgan fingerprint density at radius 3 is 2.32 bits per heavy atom. The second kappa shape index (κ2) is 11.9. The summed E-state index contributed by atoms with van der Waals surface area (Å²) in [4.78, 5) is 17.3. The van der Waals surface area contributed by atoms with E-state index < -0.39 is 5.82 Å². The molecule has 5 nitrogen and oxygen atoms in total.